The van der Waals surface area contributed by atoms with Crippen LogP contribution in [0.15, 0.2) is 23.8 Å². The lowest BCUT2D eigenvalue weighted by molar-refractivity contribution is 0.174. The highest BCUT2D eigenvalue weighted by Gasteiger charge is 2.53. The molecule has 0 aromatic carbocycles. The van der Waals surface area contributed by atoms with Gasteiger partial charge >= 0.3 is 0 Å². The van der Waals surface area contributed by atoms with Crippen LogP contribution in [-0.2, 0) is 18.0 Å². The minimum Gasteiger partial charge on any atom is -0.416 e. The van der Waals surface area contributed by atoms with Gasteiger partial charge < -0.3 is 18.0 Å². The average Bonchev–Trinajstić information content (AvgIpc) is 3.68. The van der Waals surface area contributed by atoms with Crippen LogP contribution < -0.4 is 0 Å². The van der Waals surface area contributed by atoms with Crippen LogP contribution in [0.25, 0.3) is 0 Å². The molecule has 0 aromatic heterocycles. The summed E-state index contributed by atoms with van der Waals surface area (Å²) in [4.78, 5) is 0. The zero-order chi connectivity index (χ0) is 35.1. The van der Waals surface area contributed by atoms with E-state index < -0.39 is 25.0 Å². The van der Waals surface area contributed by atoms with Gasteiger partial charge in [-0.25, -0.2) is 0 Å². The molecule has 1 rings (SSSR count). The van der Waals surface area contributed by atoms with Crippen LogP contribution in [0.2, 0.25) is 51.4 Å². The molecule has 4 nitrogen and oxygen atoms in total. The first kappa shape index (κ1) is 43.0. The molecule has 0 aliphatic carbocycles. The molecule has 266 valence electrons. The van der Waals surface area contributed by atoms with Gasteiger partial charge in [0.05, 0.1) is 18.8 Å². The van der Waals surface area contributed by atoms with Crippen LogP contribution in [-0.4, -0.2) is 56.5 Å². The third-order valence-corrected chi connectivity index (χ3v) is 28.1. The number of hydrogen-bond donors (Lipinski definition) is 0. The van der Waals surface area contributed by atoms with Crippen molar-refractivity contribution in [1.82, 2.24) is 0 Å². The van der Waals surface area contributed by atoms with Gasteiger partial charge in [0.1, 0.15) is 6.10 Å². The van der Waals surface area contributed by atoms with Crippen LogP contribution in [0.5, 0.6) is 0 Å². The Kier molecular flexibility index (Phi) is 16.8. The molecule has 7 heteroatoms. The summed E-state index contributed by atoms with van der Waals surface area (Å²) >= 11 is 0. The topological polar surface area (TPSA) is 40.2 Å². The summed E-state index contributed by atoms with van der Waals surface area (Å²) < 4.78 is 27.3. The summed E-state index contributed by atoms with van der Waals surface area (Å²) in [5.41, 5.74) is 4.78. The van der Waals surface area contributed by atoms with E-state index in [0.29, 0.717) is 39.2 Å². The van der Waals surface area contributed by atoms with E-state index in [1.807, 2.05) is 0 Å². The fourth-order valence-electron chi connectivity index (χ4n) is 7.82. The van der Waals surface area contributed by atoms with E-state index in [4.69, 9.17) is 18.0 Å². The molecule has 0 unspecified atom stereocenters. The predicted molar refractivity (Wildman–Crippen MR) is 206 cm³/mol. The lowest BCUT2D eigenvalue weighted by Crippen LogP contribution is -2.51. The van der Waals surface area contributed by atoms with Crippen molar-refractivity contribution in [2.45, 2.75) is 200 Å². The van der Waals surface area contributed by atoms with Gasteiger partial charge in [-0.2, -0.15) is 0 Å². The summed E-state index contributed by atoms with van der Waals surface area (Å²) in [5.74, 6) is 0.348. The fourth-order valence-corrected chi connectivity index (χ4v) is 19.9. The average molecular weight is 683 g/mol. The molecule has 0 radical (unpaired) electrons. The highest BCUT2D eigenvalue weighted by molar-refractivity contribution is 6.78. The van der Waals surface area contributed by atoms with E-state index in [9.17, 15) is 0 Å². The SMILES string of the molecule is C/C(=C\CC/C=C/[C@H](O[Si](C(C)C)(C(C)C)C(C)C)[C@@H]1O[C@H]1[C@H](C)CO[Si](C)(C)C(C)(C)C)CO[Si](C(C)C)(C(C)C)C(C)C. The molecular formula is C38H78O4Si3. The van der Waals surface area contributed by atoms with Gasteiger partial charge in [-0.05, 0) is 71.1 Å². The number of rotatable bonds is 20. The first-order valence-electron chi connectivity index (χ1n) is 18.4. The van der Waals surface area contributed by atoms with Crippen molar-refractivity contribution in [2.24, 2.45) is 5.92 Å². The van der Waals surface area contributed by atoms with Crippen molar-refractivity contribution < 1.29 is 18.0 Å². The Hall–Kier alpha value is -0.0294. The van der Waals surface area contributed by atoms with E-state index >= 15 is 0 Å². The van der Waals surface area contributed by atoms with Crippen molar-refractivity contribution >= 4 is 25.0 Å². The first-order valence-corrected chi connectivity index (χ1v) is 25.6. The van der Waals surface area contributed by atoms with Gasteiger partial charge in [0.2, 0.25) is 16.6 Å². The largest absolute Gasteiger partial charge is 0.416 e. The lowest BCUT2D eigenvalue weighted by Gasteiger charge is -2.44. The Morgan fingerprint density at radius 1 is 0.689 bits per heavy atom. The van der Waals surface area contributed by atoms with E-state index in [-0.39, 0.29) is 23.4 Å². The maximum Gasteiger partial charge on any atom is 0.201 e. The Bertz CT molecular complexity index is 886. The van der Waals surface area contributed by atoms with Crippen molar-refractivity contribution in [3.63, 3.8) is 0 Å². The summed E-state index contributed by atoms with van der Waals surface area (Å²) in [6, 6.07) is 0. The predicted octanol–water partition coefficient (Wildman–Crippen LogP) is 12.4. The molecule has 1 fully saturated rings. The molecule has 0 saturated carbocycles. The fraction of sp³-hybridized carbons (Fsp3) is 0.895. The van der Waals surface area contributed by atoms with Crippen molar-refractivity contribution in [2.75, 3.05) is 13.2 Å². The maximum atomic E-state index is 7.36. The highest BCUT2D eigenvalue weighted by atomic mass is 28.4. The second-order valence-electron chi connectivity index (χ2n) is 17.7. The lowest BCUT2D eigenvalue weighted by atomic mass is 10.0. The second kappa shape index (κ2) is 17.6. The molecule has 1 aliphatic rings. The second-order valence-corrected chi connectivity index (χ2v) is 33.4. The molecule has 1 heterocycles. The smallest absolute Gasteiger partial charge is 0.201 e. The summed E-state index contributed by atoms with van der Waals surface area (Å²) in [7, 11) is -5.72. The standard InChI is InChI=1S/C38H78O4Si3/c1-27(2)44(28(3)4,29(5)6)40-25-33(13)23-21-20-22-24-35(42-45(30(7)8,31(9)10)32(11)12)37-36(41-37)34(14)26-39-43(18,19)38(15,16)17/h22-24,27-32,34-37H,20-21,25-26H2,1-19H3/b24-22+,33-23+/t34-,35+,36+,37+/m1/s1. The zero-order valence-electron chi connectivity index (χ0n) is 33.5. The number of unbranched alkanes of at least 4 members (excludes halogenated alkanes) is 1. The van der Waals surface area contributed by atoms with Gasteiger partial charge in [0.15, 0.2) is 8.32 Å². The van der Waals surface area contributed by atoms with E-state index in [0.717, 1.165) is 26.1 Å². The Morgan fingerprint density at radius 2 is 1.16 bits per heavy atom. The number of allylic oxidation sites excluding steroid dienone is 2. The third-order valence-electron chi connectivity index (χ3n) is 11.4. The van der Waals surface area contributed by atoms with Gasteiger partial charge in [-0.1, -0.05) is 135 Å². The van der Waals surface area contributed by atoms with Crippen LogP contribution >= 0.6 is 0 Å². The Labute approximate surface area is 285 Å². The van der Waals surface area contributed by atoms with Crippen molar-refractivity contribution in [3.05, 3.63) is 23.8 Å². The van der Waals surface area contributed by atoms with Crippen molar-refractivity contribution in [3.8, 4) is 0 Å². The molecule has 4 atom stereocenters. The zero-order valence-corrected chi connectivity index (χ0v) is 36.5. The third kappa shape index (κ3) is 11.0. The summed E-state index contributed by atoms with van der Waals surface area (Å²) in [5, 5.41) is 0.211. The van der Waals surface area contributed by atoms with Crippen LogP contribution in [0, 0.1) is 5.92 Å². The molecule has 45 heavy (non-hydrogen) atoms. The first-order chi connectivity index (χ1) is 20.5. The quantitative estimate of drug-likeness (QED) is 0.0554. The molecule has 0 spiro atoms. The number of hydrogen-bond acceptors (Lipinski definition) is 4. The van der Waals surface area contributed by atoms with Gasteiger partial charge in [0, 0.05) is 12.5 Å². The van der Waals surface area contributed by atoms with E-state index in [2.05, 4.69) is 149 Å². The Morgan fingerprint density at radius 3 is 1.58 bits per heavy atom. The van der Waals surface area contributed by atoms with Gasteiger partial charge in [0.25, 0.3) is 0 Å². The molecular weight excluding hydrogens is 605 g/mol. The molecule has 1 saturated heterocycles. The van der Waals surface area contributed by atoms with Crippen LogP contribution in [0.3, 0.4) is 0 Å². The highest BCUT2D eigenvalue weighted by Crippen LogP contribution is 2.46. The molecule has 0 N–H and O–H groups in total. The number of ether oxygens (including phenoxy) is 1. The molecule has 0 aromatic rings. The minimum absolute atomic E-state index is 0.00709. The van der Waals surface area contributed by atoms with E-state index in [1.165, 1.54) is 5.57 Å². The van der Waals surface area contributed by atoms with Crippen LogP contribution in [0.4, 0.5) is 0 Å². The molecule has 1 aliphatic heterocycles. The Balaban J connectivity index is 3.05. The van der Waals surface area contributed by atoms with Gasteiger partial charge in [-0.15, -0.1) is 0 Å². The monoisotopic (exact) mass is 683 g/mol. The van der Waals surface area contributed by atoms with E-state index in [1.54, 1.807) is 0 Å². The summed E-state index contributed by atoms with van der Waals surface area (Å²) in [6.45, 7) is 46.1. The van der Waals surface area contributed by atoms with Crippen LogP contribution in [0.1, 0.15) is 131 Å². The normalized spacial score (nSPS) is 20.6. The molecule has 0 bridgehead atoms. The molecule has 0 amide bonds. The number of epoxide rings is 1. The summed E-state index contributed by atoms with van der Waals surface area (Å²) in [6.07, 6.45) is 9.38. The minimum atomic E-state index is -2.07. The maximum absolute atomic E-state index is 7.36. The van der Waals surface area contributed by atoms with Crippen molar-refractivity contribution in [1.29, 1.82) is 0 Å². The van der Waals surface area contributed by atoms with Gasteiger partial charge in [-0.3, -0.25) is 0 Å².